The number of thioether (sulfide) groups is 1. The predicted molar refractivity (Wildman–Crippen MR) is 78.0 cm³/mol. The predicted octanol–water partition coefficient (Wildman–Crippen LogP) is 2.84. The van der Waals surface area contributed by atoms with E-state index in [1.54, 1.807) is 11.8 Å². The Balaban J connectivity index is 2.30. The van der Waals surface area contributed by atoms with E-state index in [4.69, 9.17) is 4.74 Å². The maximum absolute atomic E-state index is 11.7. The summed E-state index contributed by atoms with van der Waals surface area (Å²) in [6.45, 7) is 11.2. The second-order valence-electron chi connectivity index (χ2n) is 6.04. The van der Waals surface area contributed by atoms with Gasteiger partial charge in [-0.25, -0.2) is 0 Å². The van der Waals surface area contributed by atoms with Gasteiger partial charge in [-0.15, -0.1) is 11.8 Å². The topological polar surface area (TPSA) is 38.3 Å². The monoisotopic (exact) mass is 273 g/mol. The van der Waals surface area contributed by atoms with Gasteiger partial charge >= 0.3 is 5.97 Å². The number of carbonyl (C=O) groups excluding carboxylic acids is 1. The average molecular weight is 273 g/mol. The summed E-state index contributed by atoms with van der Waals surface area (Å²) in [5, 5.41) is 4.11. The Labute approximate surface area is 115 Å². The number of esters is 1. The third kappa shape index (κ3) is 5.19. The van der Waals surface area contributed by atoms with Gasteiger partial charge in [-0.3, -0.25) is 4.79 Å². The molecule has 0 saturated heterocycles. The number of hydrogen-bond donors (Lipinski definition) is 1. The van der Waals surface area contributed by atoms with Crippen LogP contribution < -0.4 is 5.32 Å². The van der Waals surface area contributed by atoms with Crippen molar-refractivity contribution in [3.63, 3.8) is 0 Å². The van der Waals surface area contributed by atoms with Crippen molar-refractivity contribution in [2.24, 2.45) is 5.92 Å². The molecule has 3 nitrogen and oxygen atoms in total. The van der Waals surface area contributed by atoms with Gasteiger partial charge in [0.15, 0.2) is 0 Å². The van der Waals surface area contributed by atoms with Crippen LogP contribution in [0.1, 0.15) is 47.5 Å². The van der Waals surface area contributed by atoms with Crippen molar-refractivity contribution in [2.75, 3.05) is 12.3 Å². The van der Waals surface area contributed by atoms with Gasteiger partial charge in [0.25, 0.3) is 0 Å². The summed E-state index contributed by atoms with van der Waals surface area (Å²) in [5.74, 6) is 1.02. The molecule has 0 aromatic carbocycles. The van der Waals surface area contributed by atoms with Crippen molar-refractivity contribution in [2.45, 2.75) is 64.4 Å². The standard InChI is InChI=1S/C14H27NO2S/c1-6-15-11-7-8-12(10(11)2)18-9-13(16)17-14(3,4)5/h10-12,15H,6-9H2,1-5H3. The maximum atomic E-state index is 11.7. The van der Waals surface area contributed by atoms with Crippen molar-refractivity contribution >= 4 is 17.7 Å². The van der Waals surface area contributed by atoms with Crippen molar-refractivity contribution in [3.05, 3.63) is 0 Å². The number of ether oxygens (including phenoxy) is 1. The molecular weight excluding hydrogens is 246 g/mol. The quantitative estimate of drug-likeness (QED) is 0.782. The van der Waals surface area contributed by atoms with Crippen molar-refractivity contribution in [3.8, 4) is 0 Å². The molecule has 0 aromatic heterocycles. The van der Waals surface area contributed by atoms with Crippen molar-refractivity contribution in [1.82, 2.24) is 5.32 Å². The average Bonchev–Trinajstić information content (AvgIpc) is 2.56. The molecule has 1 rings (SSSR count). The highest BCUT2D eigenvalue weighted by molar-refractivity contribution is 8.00. The van der Waals surface area contributed by atoms with Gasteiger partial charge in [0, 0.05) is 11.3 Å². The maximum Gasteiger partial charge on any atom is 0.316 e. The van der Waals surface area contributed by atoms with Gasteiger partial charge in [-0.05, 0) is 46.1 Å². The molecular formula is C14H27NO2S. The summed E-state index contributed by atoms with van der Waals surface area (Å²) in [6, 6.07) is 0.617. The summed E-state index contributed by atoms with van der Waals surface area (Å²) in [7, 11) is 0. The molecule has 0 amide bonds. The Morgan fingerprint density at radius 2 is 2.06 bits per heavy atom. The van der Waals surface area contributed by atoms with Crippen LogP contribution in [0.3, 0.4) is 0 Å². The second kappa shape index (κ2) is 6.80. The van der Waals surface area contributed by atoms with E-state index in [1.165, 1.54) is 12.8 Å². The van der Waals surface area contributed by atoms with Gasteiger partial charge < -0.3 is 10.1 Å². The highest BCUT2D eigenvalue weighted by atomic mass is 32.2. The van der Waals surface area contributed by atoms with E-state index in [1.807, 2.05) is 20.8 Å². The molecule has 106 valence electrons. The molecule has 3 atom stereocenters. The van der Waals surface area contributed by atoms with Gasteiger partial charge in [-0.2, -0.15) is 0 Å². The Bertz CT molecular complexity index is 275. The van der Waals surface area contributed by atoms with Crippen molar-refractivity contribution < 1.29 is 9.53 Å². The second-order valence-corrected chi connectivity index (χ2v) is 7.26. The zero-order chi connectivity index (χ0) is 13.8. The van der Waals surface area contributed by atoms with Crippen LogP contribution in [0, 0.1) is 5.92 Å². The summed E-state index contributed by atoms with van der Waals surface area (Å²) in [6.07, 6.45) is 2.42. The molecule has 0 aromatic rings. The lowest BCUT2D eigenvalue weighted by molar-refractivity contribution is -0.151. The van der Waals surface area contributed by atoms with Crippen LogP contribution in [0.4, 0.5) is 0 Å². The Morgan fingerprint density at radius 1 is 1.39 bits per heavy atom. The van der Waals surface area contributed by atoms with E-state index >= 15 is 0 Å². The Hall–Kier alpha value is -0.220. The molecule has 1 aliphatic carbocycles. The molecule has 0 bridgehead atoms. The van der Waals surface area contributed by atoms with Crippen LogP contribution in [0.25, 0.3) is 0 Å². The minimum atomic E-state index is -0.370. The fraction of sp³-hybridized carbons (Fsp3) is 0.929. The minimum Gasteiger partial charge on any atom is -0.459 e. The lowest BCUT2D eigenvalue weighted by atomic mass is 10.1. The number of nitrogens with one attached hydrogen (secondary N) is 1. The normalized spacial score (nSPS) is 28.4. The lowest BCUT2D eigenvalue weighted by Gasteiger charge is -2.22. The van der Waals surface area contributed by atoms with Crippen LogP contribution in [-0.4, -0.2) is 35.2 Å². The summed E-state index contributed by atoms with van der Waals surface area (Å²) in [4.78, 5) is 11.7. The van der Waals surface area contributed by atoms with E-state index in [2.05, 4.69) is 19.2 Å². The third-order valence-corrected chi connectivity index (χ3v) is 4.78. The number of carbonyl (C=O) groups is 1. The molecule has 3 unspecified atom stereocenters. The third-order valence-electron chi connectivity index (χ3n) is 3.28. The smallest absolute Gasteiger partial charge is 0.316 e. The fourth-order valence-corrected chi connectivity index (χ4v) is 3.67. The SMILES string of the molecule is CCNC1CCC(SCC(=O)OC(C)(C)C)C1C. The molecule has 1 fully saturated rings. The molecule has 0 radical (unpaired) electrons. The summed E-state index contributed by atoms with van der Waals surface area (Å²) < 4.78 is 5.33. The first-order valence-corrected chi connectivity index (χ1v) is 7.95. The zero-order valence-corrected chi connectivity index (χ0v) is 13.1. The number of rotatable bonds is 5. The van der Waals surface area contributed by atoms with Gasteiger partial charge in [0.1, 0.15) is 5.60 Å². The van der Waals surface area contributed by atoms with Crippen LogP contribution in [0.5, 0.6) is 0 Å². The molecule has 1 saturated carbocycles. The summed E-state index contributed by atoms with van der Waals surface area (Å²) >= 11 is 1.76. The molecule has 18 heavy (non-hydrogen) atoms. The van der Waals surface area contributed by atoms with Crippen LogP contribution in [0.15, 0.2) is 0 Å². The summed E-state index contributed by atoms with van der Waals surface area (Å²) in [5.41, 5.74) is -0.370. The molecule has 0 heterocycles. The highest BCUT2D eigenvalue weighted by Crippen LogP contribution is 2.35. The zero-order valence-electron chi connectivity index (χ0n) is 12.3. The molecule has 4 heteroatoms. The highest BCUT2D eigenvalue weighted by Gasteiger charge is 2.33. The molecule has 0 spiro atoms. The Kier molecular flexibility index (Phi) is 5.99. The van der Waals surface area contributed by atoms with E-state index < -0.39 is 0 Å². The molecule has 1 N–H and O–H groups in total. The van der Waals surface area contributed by atoms with Gasteiger partial charge in [0.2, 0.25) is 0 Å². The van der Waals surface area contributed by atoms with Crippen LogP contribution >= 0.6 is 11.8 Å². The van der Waals surface area contributed by atoms with Crippen molar-refractivity contribution in [1.29, 1.82) is 0 Å². The van der Waals surface area contributed by atoms with Gasteiger partial charge in [0.05, 0.1) is 5.75 Å². The van der Waals surface area contributed by atoms with E-state index in [0.717, 1.165) is 6.54 Å². The van der Waals surface area contributed by atoms with E-state index in [9.17, 15) is 4.79 Å². The lowest BCUT2D eigenvalue weighted by Crippen LogP contribution is -2.33. The Morgan fingerprint density at radius 3 is 2.61 bits per heavy atom. The van der Waals surface area contributed by atoms with Crippen LogP contribution in [0.2, 0.25) is 0 Å². The fourth-order valence-electron chi connectivity index (χ4n) is 2.46. The first-order valence-electron chi connectivity index (χ1n) is 6.90. The van der Waals surface area contributed by atoms with E-state index in [0.29, 0.717) is 23.0 Å². The van der Waals surface area contributed by atoms with E-state index in [-0.39, 0.29) is 11.6 Å². The first kappa shape index (κ1) is 15.8. The molecule has 0 aliphatic heterocycles. The largest absolute Gasteiger partial charge is 0.459 e. The van der Waals surface area contributed by atoms with Gasteiger partial charge in [-0.1, -0.05) is 13.8 Å². The molecule has 1 aliphatic rings. The first-order chi connectivity index (χ1) is 8.33. The van der Waals surface area contributed by atoms with Crippen LogP contribution in [-0.2, 0) is 9.53 Å². The minimum absolute atomic E-state index is 0.0911. The number of hydrogen-bond acceptors (Lipinski definition) is 4.